The Morgan fingerprint density at radius 1 is 1.67 bits per heavy atom. The summed E-state index contributed by atoms with van der Waals surface area (Å²) < 4.78 is 0. The second-order valence-corrected chi connectivity index (χ2v) is 2.17. The molecule has 0 spiro atoms. The standard InChI is InChI=1S/C7H14N2/c1-4-5-8-9-6-7(2)3/h4,6-8H,1,5H2,2-3H3/b9-6+. The van der Waals surface area contributed by atoms with Crippen molar-refractivity contribution in [1.29, 1.82) is 0 Å². The van der Waals surface area contributed by atoms with Gasteiger partial charge in [0.15, 0.2) is 0 Å². The summed E-state index contributed by atoms with van der Waals surface area (Å²) in [7, 11) is 0. The zero-order chi connectivity index (χ0) is 7.11. The van der Waals surface area contributed by atoms with Crippen LogP contribution in [0.4, 0.5) is 0 Å². The van der Waals surface area contributed by atoms with Crippen molar-refractivity contribution in [3.8, 4) is 0 Å². The average molecular weight is 126 g/mol. The number of hydrazone groups is 1. The lowest BCUT2D eigenvalue weighted by atomic mass is 10.3. The highest BCUT2D eigenvalue weighted by atomic mass is 15.3. The molecule has 0 rings (SSSR count). The Labute approximate surface area is 56.7 Å². The van der Waals surface area contributed by atoms with Gasteiger partial charge in [0.2, 0.25) is 0 Å². The molecule has 0 amide bonds. The minimum atomic E-state index is 0.516. The highest BCUT2D eigenvalue weighted by molar-refractivity contribution is 5.59. The molecular formula is C7H14N2. The zero-order valence-corrected chi connectivity index (χ0v) is 6.09. The average Bonchev–Trinajstić information content (AvgIpc) is 1.80. The Hall–Kier alpha value is -0.790. The number of nitrogens with one attached hydrogen (secondary N) is 1. The van der Waals surface area contributed by atoms with Gasteiger partial charge >= 0.3 is 0 Å². The fourth-order valence-electron chi connectivity index (χ4n) is 0.319. The van der Waals surface area contributed by atoms with E-state index in [1.54, 1.807) is 6.08 Å². The molecule has 0 saturated carbocycles. The fraction of sp³-hybridized carbons (Fsp3) is 0.571. The molecule has 0 heterocycles. The Bertz CT molecular complexity index is 95.1. The largest absolute Gasteiger partial charge is 0.307 e. The summed E-state index contributed by atoms with van der Waals surface area (Å²) in [4.78, 5) is 0. The first kappa shape index (κ1) is 8.21. The lowest BCUT2D eigenvalue weighted by Gasteiger charge is -1.93. The van der Waals surface area contributed by atoms with E-state index < -0.39 is 0 Å². The third-order valence-electron chi connectivity index (χ3n) is 0.700. The molecule has 0 aromatic carbocycles. The monoisotopic (exact) mass is 126 g/mol. The van der Waals surface area contributed by atoms with Crippen LogP contribution in [0.25, 0.3) is 0 Å². The van der Waals surface area contributed by atoms with Gasteiger partial charge in [-0.3, -0.25) is 0 Å². The van der Waals surface area contributed by atoms with E-state index in [9.17, 15) is 0 Å². The van der Waals surface area contributed by atoms with Crippen molar-refractivity contribution in [3.63, 3.8) is 0 Å². The molecule has 0 radical (unpaired) electrons. The SMILES string of the molecule is C=CCN/N=C/C(C)C. The van der Waals surface area contributed by atoms with Crippen LogP contribution in [0.3, 0.4) is 0 Å². The molecule has 0 atom stereocenters. The molecule has 0 fully saturated rings. The van der Waals surface area contributed by atoms with Crippen molar-refractivity contribution in [3.05, 3.63) is 12.7 Å². The van der Waals surface area contributed by atoms with Gasteiger partial charge in [0.05, 0.1) is 6.54 Å². The molecule has 0 aromatic rings. The molecule has 9 heavy (non-hydrogen) atoms. The molecular weight excluding hydrogens is 112 g/mol. The second kappa shape index (κ2) is 5.35. The third kappa shape index (κ3) is 7.21. The summed E-state index contributed by atoms with van der Waals surface area (Å²) in [6, 6.07) is 0. The first-order chi connectivity index (χ1) is 4.27. The van der Waals surface area contributed by atoms with Crippen LogP contribution in [0.15, 0.2) is 17.8 Å². The van der Waals surface area contributed by atoms with Gasteiger partial charge in [-0.15, -0.1) is 6.58 Å². The van der Waals surface area contributed by atoms with Crippen molar-refractivity contribution in [2.75, 3.05) is 6.54 Å². The summed E-state index contributed by atoms with van der Waals surface area (Å²) in [5.41, 5.74) is 2.82. The summed E-state index contributed by atoms with van der Waals surface area (Å²) >= 11 is 0. The summed E-state index contributed by atoms with van der Waals surface area (Å²) in [6.45, 7) is 8.45. The molecule has 0 aliphatic carbocycles. The van der Waals surface area contributed by atoms with Crippen LogP contribution >= 0.6 is 0 Å². The molecule has 0 aromatic heterocycles. The smallest absolute Gasteiger partial charge is 0.0507 e. The number of hydrogen-bond acceptors (Lipinski definition) is 2. The van der Waals surface area contributed by atoms with Gasteiger partial charge in [-0.1, -0.05) is 19.9 Å². The van der Waals surface area contributed by atoms with Gasteiger partial charge < -0.3 is 5.43 Å². The molecule has 2 heteroatoms. The van der Waals surface area contributed by atoms with Gasteiger partial charge in [-0.05, 0) is 5.92 Å². The van der Waals surface area contributed by atoms with E-state index in [-0.39, 0.29) is 0 Å². The maximum Gasteiger partial charge on any atom is 0.0507 e. The lowest BCUT2D eigenvalue weighted by molar-refractivity contribution is 0.803. The Morgan fingerprint density at radius 3 is 2.78 bits per heavy atom. The van der Waals surface area contributed by atoms with E-state index in [1.165, 1.54) is 0 Å². The van der Waals surface area contributed by atoms with E-state index in [4.69, 9.17) is 0 Å². The molecule has 0 bridgehead atoms. The lowest BCUT2D eigenvalue weighted by Crippen LogP contribution is -2.05. The van der Waals surface area contributed by atoms with Gasteiger partial charge in [0.1, 0.15) is 0 Å². The summed E-state index contributed by atoms with van der Waals surface area (Å²) in [6.07, 6.45) is 3.64. The number of nitrogens with zero attached hydrogens (tertiary/aromatic N) is 1. The van der Waals surface area contributed by atoms with Crippen LogP contribution in [-0.2, 0) is 0 Å². The predicted octanol–water partition coefficient (Wildman–Crippen LogP) is 1.40. The van der Waals surface area contributed by atoms with E-state index in [1.807, 2.05) is 6.21 Å². The molecule has 0 aliphatic rings. The topological polar surface area (TPSA) is 24.4 Å². The third-order valence-corrected chi connectivity index (χ3v) is 0.700. The highest BCUT2D eigenvalue weighted by Gasteiger charge is 1.81. The molecule has 2 nitrogen and oxygen atoms in total. The minimum absolute atomic E-state index is 0.516. The van der Waals surface area contributed by atoms with Crippen LogP contribution in [0.1, 0.15) is 13.8 Å². The molecule has 1 N–H and O–H groups in total. The van der Waals surface area contributed by atoms with Crippen molar-refractivity contribution in [2.24, 2.45) is 11.0 Å². The predicted molar refractivity (Wildman–Crippen MR) is 41.5 cm³/mol. The first-order valence-corrected chi connectivity index (χ1v) is 3.14. The van der Waals surface area contributed by atoms with Crippen molar-refractivity contribution >= 4 is 6.21 Å². The van der Waals surface area contributed by atoms with Gasteiger partial charge in [-0.25, -0.2) is 0 Å². The number of hydrogen-bond donors (Lipinski definition) is 1. The van der Waals surface area contributed by atoms with Crippen molar-refractivity contribution < 1.29 is 0 Å². The fourth-order valence-corrected chi connectivity index (χ4v) is 0.319. The molecule has 0 aliphatic heterocycles. The zero-order valence-electron chi connectivity index (χ0n) is 6.09. The summed E-state index contributed by atoms with van der Waals surface area (Å²) in [5, 5.41) is 3.91. The Balaban J connectivity index is 3.14. The molecule has 0 saturated heterocycles. The van der Waals surface area contributed by atoms with Crippen LogP contribution in [0.2, 0.25) is 0 Å². The maximum absolute atomic E-state index is 3.91. The van der Waals surface area contributed by atoms with Crippen LogP contribution in [0.5, 0.6) is 0 Å². The number of rotatable bonds is 4. The maximum atomic E-state index is 3.91. The van der Waals surface area contributed by atoms with Gasteiger partial charge in [0, 0.05) is 6.21 Å². The van der Waals surface area contributed by atoms with E-state index in [0.717, 1.165) is 6.54 Å². The Morgan fingerprint density at radius 2 is 2.33 bits per heavy atom. The van der Waals surface area contributed by atoms with Crippen molar-refractivity contribution in [1.82, 2.24) is 5.43 Å². The van der Waals surface area contributed by atoms with Crippen LogP contribution < -0.4 is 5.43 Å². The first-order valence-electron chi connectivity index (χ1n) is 3.14. The van der Waals surface area contributed by atoms with E-state index in [0.29, 0.717) is 5.92 Å². The van der Waals surface area contributed by atoms with E-state index in [2.05, 4.69) is 31.0 Å². The van der Waals surface area contributed by atoms with Gasteiger partial charge in [-0.2, -0.15) is 5.10 Å². The van der Waals surface area contributed by atoms with Crippen LogP contribution in [-0.4, -0.2) is 12.8 Å². The highest BCUT2D eigenvalue weighted by Crippen LogP contribution is 1.82. The van der Waals surface area contributed by atoms with Crippen LogP contribution in [0, 0.1) is 5.92 Å². The second-order valence-electron chi connectivity index (χ2n) is 2.17. The quantitative estimate of drug-likeness (QED) is 0.262. The molecule has 52 valence electrons. The molecule has 0 unspecified atom stereocenters. The van der Waals surface area contributed by atoms with E-state index >= 15 is 0 Å². The summed E-state index contributed by atoms with van der Waals surface area (Å²) in [5.74, 6) is 0.516. The van der Waals surface area contributed by atoms with Gasteiger partial charge in [0.25, 0.3) is 0 Å². The van der Waals surface area contributed by atoms with Crippen molar-refractivity contribution in [2.45, 2.75) is 13.8 Å². The Kier molecular flexibility index (Phi) is 4.88. The normalized spacial score (nSPS) is 10.6. The minimum Gasteiger partial charge on any atom is -0.307 e.